The lowest BCUT2D eigenvalue weighted by Crippen LogP contribution is -2.14. The molecule has 0 amide bonds. The van der Waals surface area contributed by atoms with E-state index in [0.29, 0.717) is 0 Å². The van der Waals surface area contributed by atoms with E-state index in [4.69, 9.17) is 92.8 Å². The maximum Gasteiger partial charge on any atom is 0.263 e. The van der Waals surface area contributed by atoms with Gasteiger partial charge in [-0.1, -0.05) is 92.8 Å². The summed E-state index contributed by atoms with van der Waals surface area (Å²) in [6, 6.07) is 2.26. The topological polar surface area (TPSA) is 46.2 Å². The lowest BCUT2D eigenvalue weighted by Gasteiger charge is -2.15. The van der Waals surface area contributed by atoms with Crippen LogP contribution < -0.4 is 4.72 Å². The van der Waals surface area contributed by atoms with Gasteiger partial charge in [-0.15, -0.1) is 0 Å². The van der Waals surface area contributed by atoms with Gasteiger partial charge in [-0.25, -0.2) is 8.42 Å². The van der Waals surface area contributed by atoms with E-state index in [1.807, 2.05) is 0 Å². The second kappa shape index (κ2) is 7.63. The van der Waals surface area contributed by atoms with Gasteiger partial charge < -0.3 is 0 Å². The van der Waals surface area contributed by atoms with Gasteiger partial charge in [-0.05, 0) is 12.1 Å². The van der Waals surface area contributed by atoms with Gasteiger partial charge in [0.2, 0.25) is 0 Å². The van der Waals surface area contributed by atoms with Crippen molar-refractivity contribution in [1.82, 2.24) is 0 Å². The Balaban J connectivity index is 2.62. The van der Waals surface area contributed by atoms with Gasteiger partial charge >= 0.3 is 0 Å². The minimum atomic E-state index is -4.23. The van der Waals surface area contributed by atoms with Crippen molar-refractivity contribution < 1.29 is 8.42 Å². The SMILES string of the molecule is O=S(=O)(Nc1c(Cl)c(Cl)c(Cl)c(Cl)c1Cl)c1cc(Cl)c(Cl)cc1Cl. The summed E-state index contributed by atoms with van der Waals surface area (Å²) in [6.45, 7) is 0. The highest BCUT2D eigenvalue weighted by Gasteiger charge is 2.26. The van der Waals surface area contributed by atoms with Crippen molar-refractivity contribution in [2.24, 2.45) is 0 Å². The zero-order chi connectivity index (χ0) is 18.4. The molecule has 24 heavy (non-hydrogen) atoms. The van der Waals surface area contributed by atoms with Gasteiger partial charge in [0.1, 0.15) is 4.90 Å². The molecule has 0 saturated carbocycles. The molecule has 0 heterocycles. The van der Waals surface area contributed by atoms with Crippen LogP contribution >= 0.6 is 92.8 Å². The molecule has 3 nitrogen and oxygen atoms in total. The standard InChI is InChI=1S/C12H3Cl8NO2S/c13-3-1-5(15)6(2-4(3)14)24(22,23)21-12-10(19)8(17)7(16)9(18)11(12)20/h1-2,21H. The predicted molar refractivity (Wildman–Crippen MR) is 104 cm³/mol. The van der Waals surface area contributed by atoms with Gasteiger partial charge in [0, 0.05) is 0 Å². The quantitative estimate of drug-likeness (QED) is 0.341. The molecule has 0 aliphatic rings. The number of halogens is 8. The van der Waals surface area contributed by atoms with Gasteiger partial charge in [-0.2, -0.15) is 0 Å². The summed E-state index contributed by atoms with van der Waals surface area (Å²) in [6.07, 6.45) is 0. The van der Waals surface area contributed by atoms with E-state index in [-0.39, 0.29) is 50.8 Å². The van der Waals surface area contributed by atoms with Crippen LogP contribution in [0.4, 0.5) is 5.69 Å². The van der Waals surface area contributed by atoms with Crippen LogP contribution in [0.3, 0.4) is 0 Å². The van der Waals surface area contributed by atoms with Gasteiger partial charge in [-0.3, -0.25) is 4.72 Å². The number of anilines is 1. The number of sulfonamides is 1. The summed E-state index contributed by atoms with van der Waals surface area (Å²) in [5.74, 6) is 0. The third kappa shape index (κ3) is 3.93. The van der Waals surface area contributed by atoms with Crippen molar-refractivity contribution in [1.29, 1.82) is 0 Å². The normalized spacial score (nSPS) is 11.7. The summed E-state index contributed by atoms with van der Waals surface area (Å²) in [5.41, 5.74) is -0.250. The molecule has 0 radical (unpaired) electrons. The van der Waals surface area contributed by atoms with Crippen LogP contribution in [0.5, 0.6) is 0 Å². The van der Waals surface area contributed by atoms with Crippen LogP contribution in [-0.2, 0) is 10.0 Å². The third-order valence-corrected chi connectivity index (χ3v) is 7.52. The monoisotopic (exact) mass is 505 g/mol. The highest BCUT2D eigenvalue weighted by molar-refractivity contribution is 7.92. The maximum absolute atomic E-state index is 12.6. The van der Waals surface area contributed by atoms with Crippen molar-refractivity contribution >= 4 is 109 Å². The molecule has 0 saturated heterocycles. The molecule has 2 aromatic rings. The first-order valence-corrected chi connectivity index (χ1v) is 10.2. The van der Waals surface area contributed by atoms with E-state index < -0.39 is 10.0 Å². The Morgan fingerprint density at radius 1 is 0.625 bits per heavy atom. The van der Waals surface area contributed by atoms with Crippen LogP contribution in [0.25, 0.3) is 0 Å². The van der Waals surface area contributed by atoms with E-state index in [1.54, 1.807) is 0 Å². The Morgan fingerprint density at radius 2 is 1.04 bits per heavy atom. The molecule has 2 aromatic carbocycles. The van der Waals surface area contributed by atoms with E-state index in [1.165, 1.54) is 6.07 Å². The van der Waals surface area contributed by atoms with Crippen LogP contribution in [0.1, 0.15) is 0 Å². The molecule has 0 aliphatic carbocycles. The van der Waals surface area contributed by atoms with Crippen LogP contribution in [0, 0.1) is 0 Å². The van der Waals surface area contributed by atoms with Gasteiger partial charge in [0.15, 0.2) is 0 Å². The number of nitrogens with one attached hydrogen (secondary N) is 1. The second-order valence-corrected chi connectivity index (χ2v) is 9.01. The van der Waals surface area contributed by atoms with Crippen molar-refractivity contribution in [3.63, 3.8) is 0 Å². The molecule has 0 unspecified atom stereocenters. The minimum Gasteiger partial charge on any atom is -0.276 e. The third-order valence-electron chi connectivity index (χ3n) is 2.71. The van der Waals surface area contributed by atoms with E-state index in [9.17, 15) is 8.42 Å². The number of hydrogen-bond acceptors (Lipinski definition) is 2. The first-order valence-electron chi connectivity index (χ1n) is 5.66. The van der Waals surface area contributed by atoms with Crippen molar-refractivity contribution in [2.75, 3.05) is 4.72 Å². The molecule has 0 aliphatic heterocycles. The number of hydrogen-bond donors (Lipinski definition) is 1. The fraction of sp³-hybridized carbons (Fsp3) is 0. The number of rotatable bonds is 3. The van der Waals surface area contributed by atoms with Crippen molar-refractivity contribution in [3.05, 3.63) is 52.3 Å². The fourth-order valence-electron chi connectivity index (χ4n) is 1.59. The molecule has 0 aromatic heterocycles. The maximum atomic E-state index is 12.6. The van der Waals surface area contributed by atoms with Crippen molar-refractivity contribution in [3.8, 4) is 0 Å². The van der Waals surface area contributed by atoms with E-state index in [0.717, 1.165) is 6.07 Å². The second-order valence-electron chi connectivity index (χ2n) is 4.25. The Kier molecular flexibility index (Phi) is 6.62. The largest absolute Gasteiger partial charge is 0.276 e. The minimum absolute atomic E-state index is 0.00851. The zero-order valence-corrected chi connectivity index (χ0v) is 17.8. The molecular weight excluding hydrogens is 506 g/mol. The lowest BCUT2D eigenvalue weighted by molar-refractivity contribution is 0.601. The highest BCUT2D eigenvalue weighted by atomic mass is 35.5. The number of benzene rings is 2. The molecule has 2 rings (SSSR count). The fourth-order valence-corrected chi connectivity index (χ4v) is 5.03. The van der Waals surface area contributed by atoms with Crippen LogP contribution in [0.15, 0.2) is 17.0 Å². The molecule has 0 fully saturated rings. The first kappa shape index (κ1) is 20.8. The average molecular weight is 509 g/mol. The van der Waals surface area contributed by atoms with Crippen LogP contribution in [0.2, 0.25) is 40.2 Å². The smallest absolute Gasteiger partial charge is 0.263 e. The van der Waals surface area contributed by atoms with Gasteiger partial charge in [0.05, 0.1) is 45.9 Å². The molecular formula is C12H3Cl8NO2S. The Morgan fingerprint density at radius 3 is 1.54 bits per heavy atom. The lowest BCUT2D eigenvalue weighted by atomic mass is 10.3. The summed E-state index contributed by atoms with van der Waals surface area (Å²) in [4.78, 5) is -0.340. The average Bonchev–Trinajstić information content (AvgIpc) is 2.51. The zero-order valence-electron chi connectivity index (χ0n) is 10.9. The molecule has 1 N–H and O–H groups in total. The summed E-state index contributed by atoms with van der Waals surface area (Å²) in [7, 11) is -4.23. The summed E-state index contributed by atoms with van der Waals surface area (Å²) in [5, 5.41) is -0.956. The molecule has 0 bridgehead atoms. The Bertz CT molecular complexity index is 916. The highest BCUT2D eigenvalue weighted by Crippen LogP contribution is 2.47. The van der Waals surface area contributed by atoms with Gasteiger partial charge in [0.25, 0.3) is 10.0 Å². The Labute approximate surface area is 177 Å². The molecule has 0 atom stereocenters. The molecule has 0 spiro atoms. The predicted octanol–water partition coefficient (Wildman–Crippen LogP) is 7.71. The summed E-state index contributed by atoms with van der Waals surface area (Å²) >= 11 is 47.2. The van der Waals surface area contributed by atoms with E-state index >= 15 is 0 Å². The Hall–Kier alpha value is 0.510. The van der Waals surface area contributed by atoms with Crippen LogP contribution in [-0.4, -0.2) is 8.42 Å². The van der Waals surface area contributed by atoms with Crippen molar-refractivity contribution in [2.45, 2.75) is 4.90 Å². The molecule has 130 valence electrons. The molecule has 12 heteroatoms. The van der Waals surface area contributed by atoms with E-state index in [2.05, 4.69) is 4.72 Å². The first-order chi connectivity index (χ1) is 11.0. The summed E-state index contributed by atoms with van der Waals surface area (Å²) < 4.78 is 27.3.